The van der Waals surface area contributed by atoms with Crippen molar-refractivity contribution in [2.75, 3.05) is 13.1 Å². The highest BCUT2D eigenvalue weighted by Crippen LogP contribution is 2.24. The summed E-state index contributed by atoms with van der Waals surface area (Å²) in [6.45, 7) is 6.97. The predicted molar refractivity (Wildman–Crippen MR) is 113 cm³/mol. The van der Waals surface area contributed by atoms with E-state index in [-0.39, 0.29) is 11.9 Å². The summed E-state index contributed by atoms with van der Waals surface area (Å²) in [6, 6.07) is 8.95. The number of aryl methyl sites for hydroxylation is 3. The molecule has 0 aliphatic carbocycles. The van der Waals surface area contributed by atoms with Gasteiger partial charge in [0.05, 0.1) is 9.77 Å². The molecule has 1 aliphatic heterocycles. The van der Waals surface area contributed by atoms with E-state index in [9.17, 15) is 13.2 Å². The molecule has 5 nitrogen and oxygen atoms in total. The molecule has 0 radical (unpaired) electrons. The fourth-order valence-corrected chi connectivity index (χ4v) is 5.95. The topological polar surface area (TPSA) is 66.5 Å². The molecule has 28 heavy (non-hydrogen) atoms. The minimum Gasteiger partial charge on any atom is -0.349 e. The van der Waals surface area contributed by atoms with Crippen molar-refractivity contribution >= 4 is 27.3 Å². The molecule has 1 aromatic carbocycles. The van der Waals surface area contributed by atoms with Gasteiger partial charge in [-0.25, -0.2) is 8.42 Å². The zero-order chi connectivity index (χ0) is 20.3. The molecule has 1 amide bonds. The maximum absolute atomic E-state index is 12.8. The lowest BCUT2D eigenvalue weighted by atomic mass is 10.1. The molecule has 0 unspecified atom stereocenters. The number of piperidine rings is 1. The minimum atomic E-state index is -3.47. The standard InChI is InChI=1S/C21H28N2O3S2/c1-4-5-17-14-20(27-16(17)3)21(24)22-18-10-12-23(13-11-18)28(25,26)19-8-6-15(2)7-9-19/h6-9,14,18H,4-5,10-13H2,1-3H3,(H,22,24). The Hall–Kier alpha value is -1.70. The lowest BCUT2D eigenvalue weighted by Gasteiger charge is -2.31. The van der Waals surface area contributed by atoms with E-state index in [0.29, 0.717) is 30.8 Å². The van der Waals surface area contributed by atoms with Crippen LogP contribution in [0.1, 0.15) is 51.9 Å². The second kappa shape index (κ2) is 8.76. The zero-order valence-corrected chi connectivity index (χ0v) is 18.3. The van der Waals surface area contributed by atoms with Crippen LogP contribution in [0.15, 0.2) is 35.2 Å². The highest BCUT2D eigenvalue weighted by atomic mass is 32.2. The van der Waals surface area contributed by atoms with Gasteiger partial charge in [-0.05, 0) is 56.9 Å². The van der Waals surface area contributed by atoms with Gasteiger partial charge in [-0.15, -0.1) is 11.3 Å². The van der Waals surface area contributed by atoms with Crippen LogP contribution in [0.2, 0.25) is 0 Å². The molecule has 0 atom stereocenters. The lowest BCUT2D eigenvalue weighted by molar-refractivity contribution is 0.0928. The number of benzene rings is 1. The molecule has 1 fully saturated rings. The monoisotopic (exact) mass is 420 g/mol. The summed E-state index contributed by atoms with van der Waals surface area (Å²) in [5.74, 6) is -0.0460. The molecule has 1 aromatic heterocycles. The van der Waals surface area contributed by atoms with E-state index in [1.54, 1.807) is 12.1 Å². The van der Waals surface area contributed by atoms with Crippen LogP contribution < -0.4 is 5.32 Å². The molecule has 2 aromatic rings. The highest BCUT2D eigenvalue weighted by Gasteiger charge is 2.30. The number of carbonyl (C=O) groups excluding carboxylic acids is 1. The summed E-state index contributed by atoms with van der Waals surface area (Å²) in [7, 11) is -3.47. The van der Waals surface area contributed by atoms with Gasteiger partial charge in [0.2, 0.25) is 10.0 Å². The van der Waals surface area contributed by atoms with E-state index in [4.69, 9.17) is 0 Å². The average Bonchev–Trinajstić information content (AvgIpc) is 3.04. The maximum Gasteiger partial charge on any atom is 0.261 e. The smallest absolute Gasteiger partial charge is 0.261 e. The van der Waals surface area contributed by atoms with Crippen LogP contribution in [0.4, 0.5) is 0 Å². The molecule has 1 saturated heterocycles. The summed E-state index contributed by atoms with van der Waals surface area (Å²) >= 11 is 1.54. The Morgan fingerprint density at radius 3 is 2.43 bits per heavy atom. The average molecular weight is 421 g/mol. The fourth-order valence-electron chi connectivity index (χ4n) is 3.51. The molecule has 152 valence electrons. The molecule has 0 bridgehead atoms. The molecular weight excluding hydrogens is 392 g/mol. The minimum absolute atomic E-state index is 0.00833. The normalized spacial score (nSPS) is 16.2. The zero-order valence-electron chi connectivity index (χ0n) is 16.7. The molecule has 1 aliphatic rings. The van der Waals surface area contributed by atoms with E-state index in [1.165, 1.54) is 26.1 Å². The molecule has 0 spiro atoms. The van der Waals surface area contributed by atoms with Crippen LogP contribution in [0, 0.1) is 13.8 Å². The van der Waals surface area contributed by atoms with Crippen LogP contribution in [0.3, 0.4) is 0 Å². The number of thiophene rings is 1. The van der Waals surface area contributed by atoms with Gasteiger partial charge in [-0.1, -0.05) is 31.0 Å². The predicted octanol–water partition coefficient (Wildman–Crippen LogP) is 3.90. The van der Waals surface area contributed by atoms with Gasteiger partial charge in [0.15, 0.2) is 0 Å². The first-order valence-corrected chi connectivity index (χ1v) is 12.0. The van der Waals surface area contributed by atoms with Gasteiger partial charge >= 0.3 is 0 Å². The maximum atomic E-state index is 12.8. The number of rotatable bonds is 6. The number of hydrogen-bond donors (Lipinski definition) is 1. The Labute approximate surface area is 171 Å². The summed E-state index contributed by atoms with van der Waals surface area (Å²) in [5, 5.41) is 3.09. The Balaban J connectivity index is 1.58. The fraction of sp³-hybridized carbons (Fsp3) is 0.476. The summed E-state index contributed by atoms with van der Waals surface area (Å²) in [6.07, 6.45) is 3.31. The number of carbonyl (C=O) groups is 1. The summed E-state index contributed by atoms with van der Waals surface area (Å²) < 4.78 is 27.1. The van der Waals surface area contributed by atoms with E-state index in [2.05, 4.69) is 19.2 Å². The number of hydrogen-bond acceptors (Lipinski definition) is 4. The van der Waals surface area contributed by atoms with Crippen molar-refractivity contribution in [1.29, 1.82) is 0 Å². The third-order valence-electron chi connectivity index (χ3n) is 5.21. The first-order chi connectivity index (χ1) is 13.3. The largest absolute Gasteiger partial charge is 0.349 e. The van der Waals surface area contributed by atoms with Crippen molar-refractivity contribution in [2.24, 2.45) is 0 Å². The third-order valence-corrected chi connectivity index (χ3v) is 8.22. The SMILES string of the molecule is CCCc1cc(C(=O)NC2CCN(S(=O)(=O)c3ccc(C)cc3)CC2)sc1C. The number of nitrogens with zero attached hydrogens (tertiary/aromatic N) is 1. The van der Waals surface area contributed by atoms with Gasteiger partial charge in [0.1, 0.15) is 0 Å². The van der Waals surface area contributed by atoms with E-state index in [0.717, 1.165) is 23.3 Å². The van der Waals surface area contributed by atoms with Crippen molar-refractivity contribution < 1.29 is 13.2 Å². The van der Waals surface area contributed by atoms with Crippen molar-refractivity contribution in [2.45, 2.75) is 57.4 Å². The quantitative estimate of drug-likeness (QED) is 0.771. The molecular formula is C21H28N2O3S2. The van der Waals surface area contributed by atoms with E-state index < -0.39 is 10.0 Å². The van der Waals surface area contributed by atoms with Gasteiger partial charge in [-0.2, -0.15) is 4.31 Å². The van der Waals surface area contributed by atoms with Crippen molar-refractivity contribution in [3.63, 3.8) is 0 Å². The summed E-state index contributed by atoms with van der Waals surface area (Å²) in [4.78, 5) is 14.9. The van der Waals surface area contributed by atoms with Crippen LogP contribution in [-0.2, 0) is 16.4 Å². The highest BCUT2D eigenvalue weighted by molar-refractivity contribution is 7.89. The Morgan fingerprint density at radius 1 is 1.18 bits per heavy atom. The second-order valence-corrected chi connectivity index (χ2v) is 10.6. The van der Waals surface area contributed by atoms with Crippen LogP contribution in [0.25, 0.3) is 0 Å². The van der Waals surface area contributed by atoms with Gasteiger partial charge in [-0.3, -0.25) is 4.79 Å². The van der Waals surface area contributed by atoms with Gasteiger partial charge in [0.25, 0.3) is 5.91 Å². The molecule has 7 heteroatoms. The molecule has 0 saturated carbocycles. The first kappa shape index (κ1) is 21.0. The van der Waals surface area contributed by atoms with Crippen LogP contribution in [-0.4, -0.2) is 37.8 Å². The molecule has 1 N–H and O–H groups in total. The van der Waals surface area contributed by atoms with Crippen molar-refractivity contribution in [3.05, 3.63) is 51.2 Å². The van der Waals surface area contributed by atoms with Crippen molar-refractivity contribution in [1.82, 2.24) is 9.62 Å². The summed E-state index contributed by atoms with van der Waals surface area (Å²) in [5.41, 5.74) is 2.28. The lowest BCUT2D eigenvalue weighted by Crippen LogP contribution is -2.46. The van der Waals surface area contributed by atoms with E-state index in [1.807, 2.05) is 25.1 Å². The van der Waals surface area contributed by atoms with E-state index >= 15 is 0 Å². The van der Waals surface area contributed by atoms with Gasteiger partial charge < -0.3 is 5.32 Å². The van der Waals surface area contributed by atoms with Crippen molar-refractivity contribution in [3.8, 4) is 0 Å². The molecule has 3 rings (SSSR count). The number of nitrogens with one attached hydrogen (secondary N) is 1. The van der Waals surface area contributed by atoms with Crippen LogP contribution in [0.5, 0.6) is 0 Å². The number of amides is 1. The third kappa shape index (κ3) is 4.64. The first-order valence-electron chi connectivity index (χ1n) is 9.78. The Bertz CT molecular complexity index is 925. The Morgan fingerprint density at radius 2 is 1.82 bits per heavy atom. The second-order valence-electron chi connectivity index (χ2n) is 7.41. The van der Waals surface area contributed by atoms with Crippen LogP contribution >= 0.6 is 11.3 Å². The van der Waals surface area contributed by atoms with Gasteiger partial charge in [0, 0.05) is 24.0 Å². The Kier molecular flexibility index (Phi) is 6.58. The number of sulfonamides is 1. The molecule has 2 heterocycles.